The second kappa shape index (κ2) is 9.13. The van der Waals surface area contributed by atoms with Gasteiger partial charge in [0.1, 0.15) is 12.4 Å². The number of piperidine rings is 1. The van der Waals surface area contributed by atoms with Gasteiger partial charge in [-0.25, -0.2) is 12.8 Å². The van der Waals surface area contributed by atoms with E-state index >= 15 is 0 Å². The number of carbonyl (C=O) groups is 1. The molecule has 0 radical (unpaired) electrons. The van der Waals surface area contributed by atoms with Crippen molar-refractivity contribution < 1.29 is 17.6 Å². The van der Waals surface area contributed by atoms with Crippen molar-refractivity contribution in [3.05, 3.63) is 53.8 Å². The third-order valence-corrected chi connectivity index (χ3v) is 7.27. The van der Waals surface area contributed by atoms with Gasteiger partial charge in [0.2, 0.25) is 21.8 Å². The van der Waals surface area contributed by atoms with Crippen LogP contribution in [0.4, 0.5) is 10.1 Å². The van der Waals surface area contributed by atoms with E-state index in [2.05, 4.69) is 20.7 Å². The Kier molecular flexibility index (Phi) is 6.28. The molecule has 1 aromatic heterocycles. The smallest absolute Gasteiger partial charge is 0.248 e. The molecule has 2 heterocycles. The SMILES string of the molecule is Cc1ccc(NC(=O)Cn2nnc(-c3cccc(F)c3)n2)cc1S(=O)(=O)N1CCCCC1. The summed E-state index contributed by atoms with van der Waals surface area (Å²) in [6.45, 7) is 2.51. The lowest BCUT2D eigenvalue weighted by atomic mass is 10.2. The van der Waals surface area contributed by atoms with Crippen molar-refractivity contribution in [3.63, 3.8) is 0 Å². The van der Waals surface area contributed by atoms with Crippen LogP contribution in [0, 0.1) is 12.7 Å². The van der Waals surface area contributed by atoms with Crippen LogP contribution in [0.3, 0.4) is 0 Å². The molecule has 1 amide bonds. The van der Waals surface area contributed by atoms with Gasteiger partial charge >= 0.3 is 0 Å². The van der Waals surface area contributed by atoms with Crippen LogP contribution in [0.25, 0.3) is 11.4 Å². The number of halogens is 1. The molecule has 0 aliphatic carbocycles. The summed E-state index contributed by atoms with van der Waals surface area (Å²) in [5.74, 6) is -0.674. The predicted octanol–water partition coefficient (Wildman–Crippen LogP) is 2.60. The molecule has 2 aromatic carbocycles. The number of nitrogens with one attached hydrogen (secondary N) is 1. The Morgan fingerprint density at radius 1 is 1.12 bits per heavy atom. The second-order valence-corrected chi connectivity index (χ2v) is 9.55. The van der Waals surface area contributed by atoms with Gasteiger partial charge in [-0.05, 0) is 54.8 Å². The van der Waals surface area contributed by atoms with Crippen LogP contribution in [-0.2, 0) is 21.4 Å². The van der Waals surface area contributed by atoms with E-state index < -0.39 is 21.7 Å². The number of nitrogens with zero attached hydrogens (tertiary/aromatic N) is 5. The number of hydrogen-bond acceptors (Lipinski definition) is 6. The largest absolute Gasteiger partial charge is 0.324 e. The summed E-state index contributed by atoms with van der Waals surface area (Å²) >= 11 is 0. The molecule has 11 heteroatoms. The zero-order valence-electron chi connectivity index (χ0n) is 17.5. The highest BCUT2D eigenvalue weighted by Crippen LogP contribution is 2.26. The van der Waals surface area contributed by atoms with Crippen LogP contribution in [0.1, 0.15) is 24.8 Å². The van der Waals surface area contributed by atoms with Crippen molar-refractivity contribution in [2.75, 3.05) is 18.4 Å². The lowest BCUT2D eigenvalue weighted by molar-refractivity contribution is -0.117. The van der Waals surface area contributed by atoms with E-state index in [0.717, 1.165) is 24.1 Å². The third kappa shape index (κ3) is 4.83. The number of aromatic nitrogens is 4. The summed E-state index contributed by atoms with van der Waals surface area (Å²) in [4.78, 5) is 13.7. The summed E-state index contributed by atoms with van der Waals surface area (Å²) in [6.07, 6.45) is 2.72. The Labute approximate surface area is 185 Å². The minimum atomic E-state index is -3.63. The Morgan fingerprint density at radius 2 is 1.91 bits per heavy atom. The molecule has 168 valence electrons. The summed E-state index contributed by atoms with van der Waals surface area (Å²) in [5.41, 5.74) is 1.43. The maximum atomic E-state index is 13.4. The minimum absolute atomic E-state index is 0.185. The maximum absolute atomic E-state index is 13.4. The fraction of sp³-hybridized carbons (Fsp3) is 0.333. The first kappa shape index (κ1) is 22.0. The molecule has 0 spiro atoms. The van der Waals surface area contributed by atoms with Crippen molar-refractivity contribution in [1.29, 1.82) is 0 Å². The average molecular weight is 459 g/mol. The highest BCUT2D eigenvalue weighted by molar-refractivity contribution is 7.89. The van der Waals surface area contributed by atoms with Crippen LogP contribution in [0.15, 0.2) is 47.4 Å². The zero-order valence-corrected chi connectivity index (χ0v) is 18.3. The number of amides is 1. The normalized spacial score (nSPS) is 14.9. The van der Waals surface area contributed by atoms with Crippen LogP contribution < -0.4 is 5.32 Å². The first-order valence-electron chi connectivity index (χ1n) is 10.3. The van der Waals surface area contributed by atoms with Gasteiger partial charge in [-0.1, -0.05) is 24.6 Å². The third-order valence-electron chi connectivity index (χ3n) is 5.23. The fourth-order valence-electron chi connectivity index (χ4n) is 3.58. The Hall–Kier alpha value is -3.18. The number of rotatable bonds is 6. The van der Waals surface area contributed by atoms with Crippen molar-refractivity contribution >= 4 is 21.6 Å². The number of benzene rings is 2. The van der Waals surface area contributed by atoms with E-state index in [0.29, 0.717) is 29.9 Å². The monoisotopic (exact) mass is 458 g/mol. The van der Waals surface area contributed by atoms with Crippen molar-refractivity contribution in [1.82, 2.24) is 24.5 Å². The van der Waals surface area contributed by atoms with Gasteiger partial charge in [0.15, 0.2) is 0 Å². The molecule has 1 saturated heterocycles. The molecule has 1 fully saturated rings. The molecule has 32 heavy (non-hydrogen) atoms. The number of anilines is 1. The Balaban J connectivity index is 1.47. The van der Waals surface area contributed by atoms with Crippen LogP contribution >= 0.6 is 0 Å². The lowest BCUT2D eigenvalue weighted by Crippen LogP contribution is -2.36. The number of sulfonamides is 1. The zero-order chi connectivity index (χ0) is 22.7. The summed E-state index contributed by atoms with van der Waals surface area (Å²) < 4.78 is 41.0. The summed E-state index contributed by atoms with van der Waals surface area (Å²) in [5, 5.41) is 14.5. The van der Waals surface area contributed by atoms with E-state index in [4.69, 9.17) is 0 Å². The van der Waals surface area contributed by atoms with Crippen molar-refractivity contribution in [3.8, 4) is 11.4 Å². The van der Waals surface area contributed by atoms with Gasteiger partial charge in [0.25, 0.3) is 0 Å². The number of hydrogen-bond donors (Lipinski definition) is 1. The van der Waals surface area contributed by atoms with Gasteiger partial charge in [-0.15, -0.1) is 10.2 Å². The van der Waals surface area contributed by atoms with E-state index in [1.54, 1.807) is 25.1 Å². The number of tetrazole rings is 1. The highest BCUT2D eigenvalue weighted by atomic mass is 32.2. The van der Waals surface area contributed by atoms with E-state index in [9.17, 15) is 17.6 Å². The van der Waals surface area contributed by atoms with E-state index in [1.165, 1.54) is 28.6 Å². The quantitative estimate of drug-likeness (QED) is 0.608. The molecular weight excluding hydrogens is 435 g/mol. The molecule has 0 unspecified atom stereocenters. The second-order valence-electron chi connectivity index (χ2n) is 7.65. The van der Waals surface area contributed by atoms with Crippen LogP contribution in [-0.4, -0.2) is 51.9 Å². The number of aryl methyl sites for hydroxylation is 1. The summed E-state index contributed by atoms with van der Waals surface area (Å²) in [7, 11) is -3.63. The average Bonchev–Trinajstić information content (AvgIpc) is 3.24. The molecule has 1 N–H and O–H groups in total. The predicted molar refractivity (Wildman–Crippen MR) is 116 cm³/mol. The van der Waals surface area contributed by atoms with Gasteiger partial charge < -0.3 is 5.32 Å². The first-order chi connectivity index (χ1) is 15.3. The topological polar surface area (TPSA) is 110 Å². The molecule has 0 bridgehead atoms. The van der Waals surface area contributed by atoms with Gasteiger partial charge in [0, 0.05) is 24.3 Å². The standard InChI is InChI=1S/C21H23FN6O3S/c1-15-8-9-18(13-19(15)32(30,31)27-10-3-2-4-11-27)23-20(29)14-28-25-21(24-26-28)16-6-5-7-17(22)12-16/h5-9,12-13H,2-4,10-11,14H2,1H3,(H,23,29). The van der Waals surface area contributed by atoms with Crippen LogP contribution in [0.5, 0.6) is 0 Å². The molecule has 3 aromatic rings. The molecule has 1 aliphatic rings. The first-order valence-corrected chi connectivity index (χ1v) is 11.7. The molecule has 9 nitrogen and oxygen atoms in total. The molecular formula is C21H23FN6O3S. The Morgan fingerprint density at radius 3 is 2.66 bits per heavy atom. The van der Waals surface area contributed by atoms with Gasteiger partial charge in [-0.2, -0.15) is 9.10 Å². The van der Waals surface area contributed by atoms with E-state index in [1.807, 2.05) is 0 Å². The maximum Gasteiger partial charge on any atom is 0.248 e. The van der Waals surface area contributed by atoms with Gasteiger partial charge in [-0.3, -0.25) is 4.79 Å². The molecule has 4 rings (SSSR count). The summed E-state index contributed by atoms with van der Waals surface area (Å²) in [6, 6.07) is 10.6. The Bertz CT molecular complexity index is 1240. The van der Waals surface area contributed by atoms with Crippen molar-refractivity contribution in [2.45, 2.75) is 37.6 Å². The van der Waals surface area contributed by atoms with Gasteiger partial charge in [0.05, 0.1) is 4.90 Å². The van der Waals surface area contributed by atoms with Crippen molar-refractivity contribution in [2.24, 2.45) is 0 Å². The van der Waals surface area contributed by atoms with Crippen LogP contribution in [0.2, 0.25) is 0 Å². The molecule has 0 atom stereocenters. The molecule has 0 saturated carbocycles. The lowest BCUT2D eigenvalue weighted by Gasteiger charge is -2.26. The molecule has 1 aliphatic heterocycles. The van der Waals surface area contributed by atoms with E-state index in [-0.39, 0.29) is 17.3 Å². The minimum Gasteiger partial charge on any atom is -0.324 e. The highest BCUT2D eigenvalue weighted by Gasteiger charge is 2.27. The fourth-order valence-corrected chi connectivity index (χ4v) is 5.35. The number of carbonyl (C=O) groups excluding carboxylic acids is 1.